The van der Waals surface area contributed by atoms with Crippen LogP contribution in [-0.4, -0.2) is 0 Å². The Labute approximate surface area is 73.6 Å². The molecule has 1 aliphatic carbocycles. The number of anilines is 1. The van der Waals surface area contributed by atoms with Gasteiger partial charge in [0.05, 0.1) is 0 Å². The van der Waals surface area contributed by atoms with E-state index in [1.807, 2.05) is 12.1 Å². The summed E-state index contributed by atoms with van der Waals surface area (Å²) >= 11 is 0. The minimum Gasteiger partial charge on any atom is -0.399 e. The molecule has 1 aromatic rings. The van der Waals surface area contributed by atoms with Crippen molar-refractivity contribution in [3.63, 3.8) is 0 Å². The summed E-state index contributed by atoms with van der Waals surface area (Å²) < 4.78 is 0. The molecule has 1 fully saturated rings. The van der Waals surface area contributed by atoms with Gasteiger partial charge in [0.2, 0.25) is 0 Å². The van der Waals surface area contributed by atoms with Crippen LogP contribution in [0.1, 0.15) is 25.3 Å². The first-order valence-corrected chi connectivity index (χ1v) is 4.55. The Morgan fingerprint density at radius 3 is 1.92 bits per heavy atom. The van der Waals surface area contributed by atoms with E-state index in [9.17, 15) is 0 Å². The first-order valence-electron chi connectivity index (χ1n) is 4.55. The molecule has 0 spiro atoms. The Morgan fingerprint density at radius 1 is 1.00 bits per heavy atom. The van der Waals surface area contributed by atoms with Crippen molar-refractivity contribution in [3.8, 4) is 0 Å². The monoisotopic (exact) mass is 161 g/mol. The van der Waals surface area contributed by atoms with E-state index in [2.05, 4.69) is 26.0 Å². The fourth-order valence-electron chi connectivity index (χ4n) is 1.99. The van der Waals surface area contributed by atoms with Gasteiger partial charge in [-0.15, -0.1) is 0 Å². The predicted molar refractivity (Wildman–Crippen MR) is 51.9 cm³/mol. The molecule has 0 aliphatic heterocycles. The first kappa shape index (κ1) is 7.66. The van der Waals surface area contributed by atoms with Gasteiger partial charge in [0.25, 0.3) is 0 Å². The molecule has 64 valence electrons. The van der Waals surface area contributed by atoms with Crippen LogP contribution in [0.2, 0.25) is 0 Å². The van der Waals surface area contributed by atoms with Crippen LogP contribution in [0.5, 0.6) is 0 Å². The van der Waals surface area contributed by atoms with Gasteiger partial charge in [0.1, 0.15) is 0 Å². The van der Waals surface area contributed by atoms with Crippen molar-refractivity contribution < 1.29 is 0 Å². The third-order valence-electron chi connectivity index (χ3n) is 3.14. The molecule has 1 aliphatic rings. The zero-order valence-corrected chi connectivity index (χ0v) is 7.62. The van der Waals surface area contributed by atoms with Crippen molar-refractivity contribution >= 4 is 5.69 Å². The molecule has 2 N–H and O–H groups in total. The standard InChI is InChI=1S/C11H15N/c1-7-8(2)11(7)9-3-5-10(12)6-4-9/h3-8,11H,12H2,1-2H3. The molecule has 0 amide bonds. The molecule has 0 saturated heterocycles. The van der Waals surface area contributed by atoms with Crippen molar-refractivity contribution in [2.75, 3.05) is 5.73 Å². The maximum Gasteiger partial charge on any atom is 0.0314 e. The summed E-state index contributed by atoms with van der Waals surface area (Å²) in [5.74, 6) is 2.49. The van der Waals surface area contributed by atoms with Gasteiger partial charge < -0.3 is 5.73 Å². The molecule has 1 nitrogen and oxygen atoms in total. The van der Waals surface area contributed by atoms with Crippen LogP contribution < -0.4 is 5.73 Å². The van der Waals surface area contributed by atoms with E-state index < -0.39 is 0 Å². The minimum atomic E-state index is 0.783. The molecule has 2 rings (SSSR count). The summed E-state index contributed by atoms with van der Waals surface area (Å²) in [6.07, 6.45) is 0. The van der Waals surface area contributed by atoms with E-state index in [1.54, 1.807) is 0 Å². The van der Waals surface area contributed by atoms with Gasteiger partial charge in [0, 0.05) is 5.69 Å². The van der Waals surface area contributed by atoms with E-state index in [1.165, 1.54) is 5.56 Å². The molecule has 2 unspecified atom stereocenters. The molecule has 1 aromatic carbocycles. The number of benzene rings is 1. The van der Waals surface area contributed by atoms with Crippen LogP contribution in [0.15, 0.2) is 24.3 Å². The second-order valence-corrected chi connectivity index (χ2v) is 3.91. The van der Waals surface area contributed by atoms with Gasteiger partial charge in [0.15, 0.2) is 0 Å². The Morgan fingerprint density at radius 2 is 1.50 bits per heavy atom. The summed E-state index contributed by atoms with van der Waals surface area (Å²) in [6, 6.07) is 8.29. The van der Waals surface area contributed by atoms with Crippen LogP contribution in [0.4, 0.5) is 5.69 Å². The second kappa shape index (κ2) is 2.51. The average Bonchev–Trinajstić information content (AvgIpc) is 2.63. The minimum absolute atomic E-state index is 0.783. The van der Waals surface area contributed by atoms with Crippen molar-refractivity contribution in [1.29, 1.82) is 0 Å². The quantitative estimate of drug-likeness (QED) is 0.629. The number of nitrogen functional groups attached to an aromatic ring is 1. The summed E-state index contributed by atoms with van der Waals surface area (Å²) in [5, 5.41) is 0. The number of rotatable bonds is 1. The number of hydrogen-bond donors (Lipinski definition) is 1. The lowest BCUT2D eigenvalue weighted by molar-refractivity contribution is 0.834. The van der Waals surface area contributed by atoms with Gasteiger partial charge in [-0.3, -0.25) is 0 Å². The van der Waals surface area contributed by atoms with Crippen molar-refractivity contribution in [2.45, 2.75) is 19.8 Å². The normalized spacial score (nSPS) is 33.3. The molecule has 2 atom stereocenters. The van der Waals surface area contributed by atoms with Crippen LogP contribution in [0.3, 0.4) is 0 Å². The highest BCUT2D eigenvalue weighted by Gasteiger charge is 2.43. The summed E-state index contributed by atoms with van der Waals surface area (Å²) in [6.45, 7) is 4.62. The van der Waals surface area contributed by atoms with E-state index >= 15 is 0 Å². The number of nitrogens with two attached hydrogens (primary N) is 1. The predicted octanol–water partition coefficient (Wildman–Crippen LogP) is 2.64. The SMILES string of the molecule is CC1C(C)C1c1ccc(N)cc1. The topological polar surface area (TPSA) is 26.0 Å². The first-order chi connectivity index (χ1) is 5.70. The van der Waals surface area contributed by atoms with Crippen LogP contribution in [-0.2, 0) is 0 Å². The van der Waals surface area contributed by atoms with Gasteiger partial charge in [-0.25, -0.2) is 0 Å². The third-order valence-corrected chi connectivity index (χ3v) is 3.14. The van der Waals surface area contributed by atoms with Crippen LogP contribution in [0, 0.1) is 11.8 Å². The fraction of sp³-hybridized carbons (Fsp3) is 0.455. The Hall–Kier alpha value is -0.980. The highest BCUT2D eigenvalue weighted by atomic mass is 14.5. The zero-order chi connectivity index (χ0) is 8.72. The lowest BCUT2D eigenvalue weighted by Crippen LogP contribution is -1.86. The van der Waals surface area contributed by atoms with E-state index in [0.717, 1.165) is 23.4 Å². The number of hydrogen-bond acceptors (Lipinski definition) is 1. The summed E-state index contributed by atoms with van der Waals surface area (Å²) in [4.78, 5) is 0. The highest BCUT2D eigenvalue weighted by Crippen LogP contribution is 2.53. The Bertz CT molecular complexity index is 268. The fourth-order valence-corrected chi connectivity index (χ4v) is 1.99. The molecular weight excluding hydrogens is 146 g/mol. The molecule has 12 heavy (non-hydrogen) atoms. The molecule has 0 heterocycles. The molecule has 1 heteroatoms. The summed E-state index contributed by atoms with van der Waals surface area (Å²) in [5.41, 5.74) is 7.93. The van der Waals surface area contributed by atoms with E-state index in [4.69, 9.17) is 5.73 Å². The largest absolute Gasteiger partial charge is 0.399 e. The second-order valence-electron chi connectivity index (χ2n) is 3.91. The van der Waals surface area contributed by atoms with Gasteiger partial charge >= 0.3 is 0 Å². The smallest absolute Gasteiger partial charge is 0.0314 e. The lowest BCUT2D eigenvalue weighted by atomic mass is 10.1. The van der Waals surface area contributed by atoms with Gasteiger partial charge in [-0.2, -0.15) is 0 Å². The molecule has 0 bridgehead atoms. The zero-order valence-electron chi connectivity index (χ0n) is 7.62. The van der Waals surface area contributed by atoms with Gasteiger partial charge in [-0.1, -0.05) is 26.0 Å². The highest BCUT2D eigenvalue weighted by molar-refractivity contribution is 5.41. The van der Waals surface area contributed by atoms with Crippen molar-refractivity contribution in [1.82, 2.24) is 0 Å². The summed E-state index contributed by atoms with van der Waals surface area (Å²) in [7, 11) is 0. The van der Waals surface area contributed by atoms with Crippen LogP contribution >= 0.6 is 0 Å². The van der Waals surface area contributed by atoms with E-state index in [0.29, 0.717) is 0 Å². The Balaban J connectivity index is 2.20. The molecule has 0 radical (unpaired) electrons. The third kappa shape index (κ3) is 1.09. The van der Waals surface area contributed by atoms with Crippen molar-refractivity contribution in [2.24, 2.45) is 11.8 Å². The average molecular weight is 161 g/mol. The molecule has 1 saturated carbocycles. The Kier molecular flexibility index (Phi) is 1.60. The maximum absolute atomic E-state index is 5.62. The molecular formula is C11H15N. The van der Waals surface area contributed by atoms with E-state index in [-0.39, 0.29) is 0 Å². The van der Waals surface area contributed by atoms with Crippen molar-refractivity contribution in [3.05, 3.63) is 29.8 Å². The lowest BCUT2D eigenvalue weighted by Gasteiger charge is -1.98. The van der Waals surface area contributed by atoms with Crippen LogP contribution in [0.25, 0.3) is 0 Å². The maximum atomic E-state index is 5.62. The molecule has 0 aromatic heterocycles. The van der Waals surface area contributed by atoms with Gasteiger partial charge in [-0.05, 0) is 35.4 Å².